The number of carbonyl (C=O) groups excluding carboxylic acids is 4. The fourth-order valence-electron chi connectivity index (χ4n) is 2.61. The number of carbonyl (C=O) groups is 4. The van der Waals surface area contributed by atoms with Crippen LogP contribution in [0, 0.1) is 5.82 Å². The first-order chi connectivity index (χ1) is 13.9. The van der Waals surface area contributed by atoms with Crippen LogP contribution in [-0.2, 0) is 20.8 Å². The third kappa shape index (κ3) is 6.84. The highest BCUT2D eigenvalue weighted by atomic mass is 19.1. The molecule has 152 valence electrons. The number of aldehydes is 1. The van der Waals surface area contributed by atoms with Crippen molar-refractivity contribution < 1.29 is 23.6 Å². The Kier molecular flexibility index (Phi) is 8.02. The van der Waals surface area contributed by atoms with Gasteiger partial charge in [0, 0.05) is 12.0 Å². The quantitative estimate of drug-likeness (QED) is 0.547. The summed E-state index contributed by atoms with van der Waals surface area (Å²) in [6.07, 6.45) is 0.560. The van der Waals surface area contributed by atoms with Crippen LogP contribution in [0.3, 0.4) is 0 Å². The minimum Gasteiger partial charge on any atom is -0.348 e. The SMILES string of the molecule is C[C@H](NC(=O)[C@@H](Cc1cccc(F)c1)NC(=O)c1ccccc1)C(=O)NCC=O. The second-order valence-electron chi connectivity index (χ2n) is 6.37. The normalized spacial score (nSPS) is 12.3. The van der Waals surface area contributed by atoms with E-state index in [2.05, 4.69) is 16.0 Å². The maximum absolute atomic E-state index is 13.5. The van der Waals surface area contributed by atoms with E-state index in [0.717, 1.165) is 0 Å². The number of rotatable bonds is 9. The molecule has 2 rings (SSSR count). The Morgan fingerprint density at radius 1 is 1.00 bits per heavy atom. The lowest BCUT2D eigenvalue weighted by Gasteiger charge is -2.21. The highest BCUT2D eigenvalue weighted by Crippen LogP contribution is 2.08. The van der Waals surface area contributed by atoms with Crippen LogP contribution in [0.1, 0.15) is 22.8 Å². The van der Waals surface area contributed by atoms with Crippen LogP contribution < -0.4 is 16.0 Å². The highest BCUT2D eigenvalue weighted by Gasteiger charge is 2.25. The molecule has 0 bridgehead atoms. The molecule has 0 aliphatic rings. The number of nitrogens with one attached hydrogen (secondary N) is 3. The summed E-state index contributed by atoms with van der Waals surface area (Å²) in [5, 5.41) is 7.47. The van der Waals surface area contributed by atoms with Crippen LogP contribution in [0.2, 0.25) is 0 Å². The van der Waals surface area contributed by atoms with Crippen LogP contribution in [0.25, 0.3) is 0 Å². The van der Waals surface area contributed by atoms with Crippen LogP contribution >= 0.6 is 0 Å². The minimum atomic E-state index is -1.04. The topological polar surface area (TPSA) is 104 Å². The van der Waals surface area contributed by atoms with Gasteiger partial charge in [0.25, 0.3) is 5.91 Å². The Bertz CT molecular complexity index is 873. The number of benzene rings is 2. The summed E-state index contributed by atoms with van der Waals surface area (Å²) >= 11 is 0. The number of hydrogen-bond donors (Lipinski definition) is 3. The summed E-state index contributed by atoms with van der Waals surface area (Å²) in [6, 6.07) is 12.1. The molecular weight excluding hydrogens is 377 g/mol. The molecule has 2 atom stereocenters. The molecule has 0 heterocycles. The van der Waals surface area contributed by atoms with Gasteiger partial charge in [0.2, 0.25) is 11.8 Å². The van der Waals surface area contributed by atoms with E-state index in [1.54, 1.807) is 36.4 Å². The molecule has 8 heteroatoms. The molecule has 3 N–H and O–H groups in total. The second-order valence-corrected chi connectivity index (χ2v) is 6.37. The molecule has 29 heavy (non-hydrogen) atoms. The summed E-state index contributed by atoms with van der Waals surface area (Å²) in [7, 11) is 0. The van der Waals surface area contributed by atoms with E-state index in [9.17, 15) is 23.6 Å². The van der Waals surface area contributed by atoms with Gasteiger partial charge in [-0.15, -0.1) is 0 Å². The standard InChI is InChI=1S/C21H22FN3O4/c1-14(19(27)23-10-11-26)24-21(29)18(13-15-6-5-9-17(22)12-15)25-20(28)16-7-3-2-4-8-16/h2-9,11-12,14,18H,10,13H2,1H3,(H,23,27)(H,24,29)(H,25,28)/t14-,18+/m0/s1. The first kappa shape index (κ1) is 21.7. The molecule has 0 saturated heterocycles. The Morgan fingerprint density at radius 2 is 1.72 bits per heavy atom. The van der Waals surface area contributed by atoms with Gasteiger partial charge in [-0.1, -0.05) is 30.3 Å². The Labute approximate surface area is 167 Å². The monoisotopic (exact) mass is 399 g/mol. The van der Waals surface area contributed by atoms with Crippen molar-refractivity contribution in [1.29, 1.82) is 0 Å². The van der Waals surface area contributed by atoms with Crippen LogP contribution in [0.15, 0.2) is 54.6 Å². The predicted octanol–water partition coefficient (Wildman–Crippen LogP) is 0.987. The molecule has 0 aromatic heterocycles. The van der Waals surface area contributed by atoms with E-state index in [4.69, 9.17) is 0 Å². The summed E-state index contributed by atoms with van der Waals surface area (Å²) in [5.41, 5.74) is 0.873. The van der Waals surface area contributed by atoms with Gasteiger partial charge in [-0.3, -0.25) is 14.4 Å². The summed E-state index contributed by atoms with van der Waals surface area (Å²) < 4.78 is 13.5. The van der Waals surface area contributed by atoms with Crippen molar-refractivity contribution in [2.45, 2.75) is 25.4 Å². The fourth-order valence-corrected chi connectivity index (χ4v) is 2.61. The zero-order chi connectivity index (χ0) is 21.2. The van der Waals surface area contributed by atoms with Crippen molar-refractivity contribution in [3.05, 3.63) is 71.5 Å². The zero-order valence-corrected chi connectivity index (χ0v) is 15.9. The molecule has 0 radical (unpaired) electrons. The first-order valence-corrected chi connectivity index (χ1v) is 9.02. The largest absolute Gasteiger partial charge is 0.348 e. The third-order valence-electron chi connectivity index (χ3n) is 4.10. The molecule has 0 fully saturated rings. The Hall–Kier alpha value is -3.55. The van der Waals surface area contributed by atoms with Gasteiger partial charge >= 0.3 is 0 Å². The molecule has 0 saturated carbocycles. The van der Waals surface area contributed by atoms with E-state index in [1.807, 2.05) is 0 Å². The molecule has 0 unspecified atom stereocenters. The first-order valence-electron chi connectivity index (χ1n) is 9.02. The Balaban J connectivity index is 2.14. The lowest BCUT2D eigenvalue weighted by Crippen LogP contribution is -2.53. The van der Waals surface area contributed by atoms with E-state index in [1.165, 1.54) is 25.1 Å². The van der Waals surface area contributed by atoms with Gasteiger partial charge in [0.15, 0.2) is 0 Å². The maximum Gasteiger partial charge on any atom is 0.251 e. The average Bonchev–Trinajstić information content (AvgIpc) is 2.72. The molecular formula is C21H22FN3O4. The van der Waals surface area contributed by atoms with Gasteiger partial charge in [0.05, 0.1) is 6.54 Å². The van der Waals surface area contributed by atoms with Crippen molar-refractivity contribution in [3.8, 4) is 0 Å². The predicted molar refractivity (Wildman–Crippen MR) is 104 cm³/mol. The molecule has 0 aliphatic carbocycles. The number of halogens is 1. The Morgan fingerprint density at radius 3 is 2.38 bits per heavy atom. The van der Waals surface area contributed by atoms with E-state index >= 15 is 0 Å². The lowest BCUT2D eigenvalue weighted by molar-refractivity contribution is -0.129. The smallest absolute Gasteiger partial charge is 0.251 e. The van der Waals surface area contributed by atoms with Gasteiger partial charge in [0.1, 0.15) is 24.2 Å². The zero-order valence-electron chi connectivity index (χ0n) is 15.9. The van der Waals surface area contributed by atoms with E-state index in [-0.39, 0.29) is 13.0 Å². The molecule has 3 amide bonds. The van der Waals surface area contributed by atoms with Crippen molar-refractivity contribution in [2.24, 2.45) is 0 Å². The van der Waals surface area contributed by atoms with Crippen molar-refractivity contribution in [3.63, 3.8) is 0 Å². The van der Waals surface area contributed by atoms with Crippen LogP contribution in [-0.4, -0.2) is 42.6 Å². The van der Waals surface area contributed by atoms with Crippen LogP contribution in [0.4, 0.5) is 4.39 Å². The van der Waals surface area contributed by atoms with Crippen molar-refractivity contribution in [1.82, 2.24) is 16.0 Å². The number of hydrogen-bond acceptors (Lipinski definition) is 4. The minimum absolute atomic E-state index is 0.0326. The molecule has 0 aliphatic heterocycles. The average molecular weight is 399 g/mol. The van der Waals surface area contributed by atoms with Gasteiger partial charge in [-0.2, -0.15) is 0 Å². The summed E-state index contributed by atoms with van der Waals surface area (Å²) in [5.74, 6) is -2.07. The second kappa shape index (κ2) is 10.7. The molecule has 7 nitrogen and oxygen atoms in total. The maximum atomic E-state index is 13.5. The van der Waals surface area contributed by atoms with Gasteiger partial charge in [-0.05, 0) is 36.8 Å². The van der Waals surface area contributed by atoms with Gasteiger partial charge in [-0.25, -0.2) is 4.39 Å². The molecule has 0 spiro atoms. The van der Waals surface area contributed by atoms with Gasteiger partial charge < -0.3 is 20.7 Å². The van der Waals surface area contributed by atoms with Crippen LogP contribution in [0.5, 0.6) is 0 Å². The van der Waals surface area contributed by atoms with Crippen molar-refractivity contribution >= 4 is 24.0 Å². The summed E-state index contributed by atoms with van der Waals surface area (Å²) in [6.45, 7) is 1.28. The molecule has 2 aromatic rings. The third-order valence-corrected chi connectivity index (χ3v) is 4.10. The van der Waals surface area contributed by atoms with Crippen molar-refractivity contribution in [2.75, 3.05) is 6.54 Å². The fraction of sp³-hybridized carbons (Fsp3) is 0.238. The van der Waals surface area contributed by atoms with E-state index in [0.29, 0.717) is 17.4 Å². The summed E-state index contributed by atoms with van der Waals surface area (Å²) in [4.78, 5) is 47.5. The van der Waals surface area contributed by atoms with E-state index < -0.39 is 35.6 Å². The highest BCUT2D eigenvalue weighted by molar-refractivity contribution is 5.98. The molecule has 2 aromatic carbocycles. The number of amides is 3. The lowest BCUT2D eigenvalue weighted by atomic mass is 10.0.